The maximum Gasteiger partial charge on any atom is 0.253 e. The summed E-state index contributed by atoms with van der Waals surface area (Å²) in [6.07, 6.45) is 1.13. The molecule has 1 fully saturated rings. The van der Waals surface area contributed by atoms with Gasteiger partial charge in [0.05, 0.1) is 4.34 Å². The van der Waals surface area contributed by atoms with E-state index in [1.54, 1.807) is 6.07 Å². The van der Waals surface area contributed by atoms with Crippen molar-refractivity contribution in [1.29, 1.82) is 0 Å². The molecule has 0 aliphatic carbocycles. The minimum atomic E-state index is -3.76. The average molecular weight is 491 g/mol. The molecule has 1 saturated heterocycles. The molecule has 0 spiro atoms. The van der Waals surface area contributed by atoms with E-state index in [0.29, 0.717) is 36.9 Å². The van der Waals surface area contributed by atoms with Gasteiger partial charge in [0.25, 0.3) is 10.0 Å². The number of rotatable bonds is 8. The minimum absolute atomic E-state index is 0.158. The van der Waals surface area contributed by atoms with Crippen molar-refractivity contribution in [3.8, 4) is 5.75 Å². The smallest absolute Gasteiger partial charge is 0.253 e. The van der Waals surface area contributed by atoms with Gasteiger partial charge in [-0.1, -0.05) is 54.1 Å². The Balaban J connectivity index is 1.41. The molecular weight excluding hydrogens is 468 g/mol. The normalized spacial score (nSPS) is 16.7. The molecule has 1 amide bonds. The molecule has 1 N–H and O–H groups in total. The number of benzene rings is 2. The quantitative estimate of drug-likeness (QED) is 0.506. The summed E-state index contributed by atoms with van der Waals surface area (Å²) in [5.74, 6) is 0.472. The molecule has 0 unspecified atom stereocenters. The predicted octanol–water partition coefficient (Wildman–Crippen LogP) is 4.45. The Kier molecular flexibility index (Phi) is 7.15. The van der Waals surface area contributed by atoms with Crippen LogP contribution in [0.1, 0.15) is 24.0 Å². The Morgan fingerprint density at radius 3 is 2.50 bits per heavy atom. The summed E-state index contributed by atoms with van der Waals surface area (Å²) in [4.78, 5) is 12.9. The SMILES string of the molecule is O=C(NCc1ccccc1COc1ccccc1)[C@@H]1CCCN1S(=O)(=O)c1ccc(Cl)s1. The number of para-hydroxylation sites is 1. The fraction of sp³-hybridized carbons (Fsp3) is 0.261. The van der Waals surface area contributed by atoms with E-state index in [0.717, 1.165) is 28.2 Å². The molecule has 1 atom stereocenters. The van der Waals surface area contributed by atoms with Crippen molar-refractivity contribution in [2.45, 2.75) is 36.2 Å². The van der Waals surface area contributed by atoms with E-state index in [9.17, 15) is 13.2 Å². The standard InChI is InChI=1S/C23H23ClN2O4S2/c24-21-12-13-22(31-21)32(28,29)26-14-6-11-20(26)23(27)25-15-17-7-4-5-8-18(17)16-30-19-9-2-1-3-10-19/h1-5,7-10,12-13,20H,6,11,14-16H2,(H,25,27)/t20-/m0/s1. The summed E-state index contributed by atoms with van der Waals surface area (Å²) in [6.45, 7) is 0.985. The van der Waals surface area contributed by atoms with Crippen LogP contribution in [0.15, 0.2) is 70.9 Å². The van der Waals surface area contributed by atoms with Gasteiger partial charge in [-0.05, 0) is 48.2 Å². The maximum absolute atomic E-state index is 13.0. The number of hydrogen-bond donors (Lipinski definition) is 1. The van der Waals surface area contributed by atoms with Gasteiger partial charge in [0.1, 0.15) is 22.6 Å². The second-order valence-electron chi connectivity index (χ2n) is 7.42. The molecule has 2 heterocycles. The van der Waals surface area contributed by atoms with Crippen molar-refractivity contribution < 1.29 is 17.9 Å². The van der Waals surface area contributed by atoms with Gasteiger partial charge in [0, 0.05) is 13.1 Å². The lowest BCUT2D eigenvalue weighted by atomic mass is 10.1. The molecule has 1 aromatic heterocycles. The number of nitrogens with zero attached hydrogens (tertiary/aromatic N) is 1. The first-order valence-corrected chi connectivity index (χ1v) is 12.9. The number of amides is 1. The summed E-state index contributed by atoms with van der Waals surface area (Å²) in [5.41, 5.74) is 1.88. The van der Waals surface area contributed by atoms with E-state index in [1.165, 1.54) is 10.4 Å². The fourth-order valence-corrected chi connectivity index (χ4v) is 6.96. The third-order valence-electron chi connectivity index (χ3n) is 5.33. The van der Waals surface area contributed by atoms with Gasteiger partial charge in [0.2, 0.25) is 5.91 Å². The molecule has 32 heavy (non-hydrogen) atoms. The lowest BCUT2D eigenvalue weighted by Gasteiger charge is -2.23. The molecule has 0 saturated carbocycles. The van der Waals surface area contributed by atoms with Crippen molar-refractivity contribution in [3.63, 3.8) is 0 Å². The zero-order valence-corrected chi connectivity index (χ0v) is 19.6. The Morgan fingerprint density at radius 1 is 1.06 bits per heavy atom. The molecule has 168 valence electrons. The van der Waals surface area contributed by atoms with Crippen LogP contribution in [0.3, 0.4) is 0 Å². The van der Waals surface area contributed by atoms with E-state index < -0.39 is 16.1 Å². The number of carbonyl (C=O) groups is 1. The molecule has 9 heteroatoms. The summed E-state index contributed by atoms with van der Waals surface area (Å²) < 4.78 is 33.7. The van der Waals surface area contributed by atoms with Crippen LogP contribution in [0.2, 0.25) is 4.34 Å². The molecule has 0 bridgehead atoms. The highest BCUT2D eigenvalue weighted by Crippen LogP contribution is 2.32. The van der Waals surface area contributed by atoms with Crippen LogP contribution >= 0.6 is 22.9 Å². The number of carbonyl (C=O) groups excluding carboxylic acids is 1. The van der Waals surface area contributed by atoms with Crippen LogP contribution in [0.25, 0.3) is 0 Å². The van der Waals surface area contributed by atoms with Gasteiger partial charge in [-0.15, -0.1) is 11.3 Å². The number of nitrogens with one attached hydrogen (secondary N) is 1. The van der Waals surface area contributed by atoms with Crippen molar-refractivity contribution in [1.82, 2.24) is 9.62 Å². The van der Waals surface area contributed by atoms with E-state index >= 15 is 0 Å². The second kappa shape index (κ2) is 10.0. The average Bonchev–Trinajstić information content (AvgIpc) is 3.47. The van der Waals surface area contributed by atoms with Gasteiger partial charge < -0.3 is 10.1 Å². The lowest BCUT2D eigenvalue weighted by molar-refractivity contribution is -0.124. The number of sulfonamides is 1. The molecule has 2 aromatic carbocycles. The first-order chi connectivity index (χ1) is 15.4. The van der Waals surface area contributed by atoms with Gasteiger partial charge in [-0.25, -0.2) is 8.42 Å². The number of thiophene rings is 1. The fourth-order valence-electron chi connectivity index (χ4n) is 3.69. The number of ether oxygens (including phenoxy) is 1. The van der Waals surface area contributed by atoms with Crippen LogP contribution in [0.5, 0.6) is 5.75 Å². The third kappa shape index (κ3) is 5.15. The highest BCUT2D eigenvalue weighted by atomic mass is 35.5. The molecule has 4 rings (SSSR count). The molecule has 0 radical (unpaired) electrons. The van der Waals surface area contributed by atoms with Gasteiger partial charge in [-0.2, -0.15) is 4.31 Å². The predicted molar refractivity (Wildman–Crippen MR) is 125 cm³/mol. The molecule has 3 aromatic rings. The monoisotopic (exact) mass is 490 g/mol. The highest BCUT2D eigenvalue weighted by Gasteiger charge is 2.40. The maximum atomic E-state index is 13.0. The topological polar surface area (TPSA) is 75.7 Å². The first kappa shape index (κ1) is 22.8. The Hall–Kier alpha value is -2.39. The summed E-state index contributed by atoms with van der Waals surface area (Å²) in [5, 5.41) is 2.91. The van der Waals surface area contributed by atoms with E-state index in [-0.39, 0.29) is 10.1 Å². The summed E-state index contributed by atoms with van der Waals surface area (Å²) in [7, 11) is -3.76. The zero-order valence-electron chi connectivity index (χ0n) is 17.2. The third-order valence-corrected chi connectivity index (χ3v) is 8.93. The van der Waals surface area contributed by atoms with Crippen LogP contribution in [0.4, 0.5) is 0 Å². The van der Waals surface area contributed by atoms with Crippen molar-refractivity contribution in [2.75, 3.05) is 6.54 Å². The zero-order chi connectivity index (χ0) is 22.6. The van der Waals surface area contributed by atoms with Crippen molar-refractivity contribution in [2.24, 2.45) is 0 Å². The van der Waals surface area contributed by atoms with E-state index in [4.69, 9.17) is 16.3 Å². The van der Waals surface area contributed by atoms with Crippen molar-refractivity contribution >= 4 is 38.9 Å². The summed E-state index contributed by atoms with van der Waals surface area (Å²) >= 11 is 6.92. The molecular formula is C23H23ClN2O4S2. The minimum Gasteiger partial charge on any atom is -0.489 e. The molecule has 6 nitrogen and oxygen atoms in total. The van der Waals surface area contributed by atoms with Gasteiger partial charge >= 0.3 is 0 Å². The Bertz CT molecular complexity index is 1180. The second-order valence-corrected chi connectivity index (χ2v) is 11.3. The molecule has 1 aliphatic heterocycles. The lowest BCUT2D eigenvalue weighted by Crippen LogP contribution is -2.45. The van der Waals surface area contributed by atoms with Gasteiger partial charge in [0.15, 0.2) is 0 Å². The molecule has 1 aliphatic rings. The first-order valence-electron chi connectivity index (χ1n) is 10.2. The van der Waals surface area contributed by atoms with E-state index in [1.807, 2.05) is 54.6 Å². The van der Waals surface area contributed by atoms with Crippen LogP contribution in [-0.2, 0) is 28.0 Å². The Morgan fingerprint density at radius 2 is 1.78 bits per heavy atom. The van der Waals surface area contributed by atoms with E-state index in [2.05, 4.69) is 5.32 Å². The van der Waals surface area contributed by atoms with Crippen LogP contribution in [0, 0.1) is 0 Å². The number of halogens is 1. The largest absolute Gasteiger partial charge is 0.489 e. The highest BCUT2D eigenvalue weighted by molar-refractivity contribution is 7.91. The summed E-state index contributed by atoms with van der Waals surface area (Å²) in [6, 6.07) is 19.5. The van der Waals surface area contributed by atoms with Gasteiger partial charge in [-0.3, -0.25) is 4.79 Å². The number of hydrogen-bond acceptors (Lipinski definition) is 5. The van der Waals surface area contributed by atoms with Crippen LogP contribution in [-0.4, -0.2) is 31.2 Å². The van der Waals surface area contributed by atoms with Crippen molar-refractivity contribution in [3.05, 3.63) is 82.2 Å². The van der Waals surface area contributed by atoms with Crippen LogP contribution < -0.4 is 10.1 Å². The Labute approximate surface area is 196 Å².